The Morgan fingerprint density at radius 2 is 2.14 bits per heavy atom. The second kappa shape index (κ2) is 3.89. The zero-order valence-corrected chi connectivity index (χ0v) is 5.67. The number of rotatable bonds is 1. The van der Waals surface area contributed by atoms with Crippen LogP contribution in [-0.2, 0) is 0 Å². The molecule has 0 rings (SSSR count). The van der Waals surface area contributed by atoms with E-state index in [0.717, 1.165) is 0 Å². The molecule has 1 nitrogen and oxygen atoms in total. The van der Waals surface area contributed by atoms with Crippen molar-refractivity contribution >= 4 is 11.9 Å². The average Bonchev–Trinajstić information content (AvgIpc) is 1.68. The third-order valence-corrected chi connectivity index (χ3v) is 1.18. The SMILES string of the molecule is CC#CN(C)SC. The van der Waals surface area contributed by atoms with Crippen LogP contribution in [0, 0.1) is 12.0 Å². The minimum atomic E-state index is 1.61. The average molecular weight is 115 g/mol. The molecular weight excluding hydrogens is 106 g/mol. The lowest BCUT2D eigenvalue weighted by Crippen LogP contribution is -1.96. The van der Waals surface area contributed by atoms with E-state index in [1.807, 2.05) is 24.5 Å². The number of hydrogen-bond acceptors (Lipinski definition) is 2. The molecule has 0 aromatic rings. The lowest BCUT2D eigenvalue weighted by Gasteiger charge is -2.01. The van der Waals surface area contributed by atoms with Crippen molar-refractivity contribution in [2.24, 2.45) is 0 Å². The summed E-state index contributed by atoms with van der Waals surface area (Å²) in [6.45, 7) is 1.83. The Hall–Kier alpha value is -0.290. The molecular formula is C5H9NS. The smallest absolute Gasteiger partial charge is 0.0268 e. The van der Waals surface area contributed by atoms with Crippen molar-refractivity contribution in [1.82, 2.24) is 4.31 Å². The first kappa shape index (κ1) is 6.71. The van der Waals surface area contributed by atoms with Crippen LogP contribution in [0.4, 0.5) is 0 Å². The molecule has 0 aromatic carbocycles. The zero-order valence-electron chi connectivity index (χ0n) is 4.86. The highest BCUT2D eigenvalue weighted by atomic mass is 32.2. The summed E-state index contributed by atoms with van der Waals surface area (Å²) < 4.78 is 1.86. The molecule has 0 aliphatic carbocycles. The zero-order chi connectivity index (χ0) is 5.70. The molecule has 0 heterocycles. The maximum Gasteiger partial charge on any atom is 0.0268 e. The summed E-state index contributed by atoms with van der Waals surface area (Å²) >= 11 is 1.61. The van der Waals surface area contributed by atoms with E-state index in [1.54, 1.807) is 11.9 Å². The molecule has 0 aliphatic rings. The Morgan fingerprint density at radius 1 is 1.57 bits per heavy atom. The third-order valence-electron chi connectivity index (χ3n) is 0.543. The van der Waals surface area contributed by atoms with Crippen molar-refractivity contribution < 1.29 is 0 Å². The molecule has 0 fully saturated rings. The van der Waals surface area contributed by atoms with Gasteiger partial charge in [-0.1, -0.05) is 5.92 Å². The first-order valence-corrected chi connectivity index (χ1v) is 3.19. The Kier molecular flexibility index (Phi) is 3.72. The van der Waals surface area contributed by atoms with Gasteiger partial charge in [0.1, 0.15) is 0 Å². The third kappa shape index (κ3) is 3.54. The van der Waals surface area contributed by atoms with Crippen LogP contribution < -0.4 is 0 Å². The fourth-order valence-corrected chi connectivity index (χ4v) is 0.386. The lowest BCUT2D eigenvalue weighted by molar-refractivity contribution is 0.821. The number of hydrogen-bond donors (Lipinski definition) is 0. The summed E-state index contributed by atoms with van der Waals surface area (Å²) in [5.74, 6) is 2.77. The molecule has 0 amide bonds. The standard InChI is InChI=1S/C5H9NS/c1-4-5-6(2)7-3/h1-3H3. The van der Waals surface area contributed by atoms with Crippen LogP contribution in [-0.4, -0.2) is 17.6 Å². The van der Waals surface area contributed by atoms with Gasteiger partial charge in [-0.3, -0.25) is 4.31 Å². The number of nitrogens with zero attached hydrogens (tertiary/aromatic N) is 1. The van der Waals surface area contributed by atoms with Crippen LogP contribution in [0.15, 0.2) is 0 Å². The molecule has 0 N–H and O–H groups in total. The van der Waals surface area contributed by atoms with E-state index < -0.39 is 0 Å². The summed E-state index contributed by atoms with van der Waals surface area (Å²) in [4.78, 5) is 0. The van der Waals surface area contributed by atoms with Crippen LogP contribution in [0.3, 0.4) is 0 Å². The Labute approximate surface area is 49.2 Å². The van der Waals surface area contributed by atoms with Crippen LogP contribution in [0.25, 0.3) is 0 Å². The lowest BCUT2D eigenvalue weighted by atomic mass is 10.8. The van der Waals surface area contributed by atoms with Gasteiger partial charge in [0, 0.05) is 19.3 Å². The van der Waals surface area contributed by atoms with E-state index in [9.17, 15) is 0 Å². The van der Waals surface area contributed by atoms with Crippen molar-refractivity contribution in [3.8, 4) is 12.0 Å². The van der Waals surface area contributed by atoms with E-state index in [2.05, 4.69) is 12.0 Å². The summed E-state index contributed by atoms with van der Waals surface area (Å²) in [6, 6.07) is 2.84. The maximum atomic E-state index is 2.84. The van der Waals surface area contributed by atoms with Crippen molar-refractivity contribution in [2.45, 2.75) is 6.92 Å². The molecule has 0 radical (unpaired) electrons. The molecule has 7 heavy (non-hydrogen) atoms. The molecule has 0 aromatic heterocycles. The van der Waals surface area contributed by atoms with Gasteiger partial charge in [-0.2, -0.15) is 0 Å². The molecule has 0 saturated heterocycles. The predicted molar refractivity (Wildman–Crippen MR) is 34.7 cm³/mol. The van der Waals surface area contributed by atoms with E-state index in [1.165, 1.54) is 0 Å². The van der Waals surface area contributed by atoms with Gasteiger partial charge >= 0.3 is 0 Å². The molecule has 0 saturated carbocycles. The van der Waals surface area contributed by atoms with Crippen LogP contribution in [0.5, 0.6) is 0 Å². The Balaban J connectivity index is 3.29. The maximum absolute atomic E-state index is 2.84. The first-order chi connectivity index (χ1) is 3.31. The van der Waals surface area contributed by atoms with Gasteiger partial charge < -0.3 is 0 Å². The Bertz CT molecular complexity index is 90.0. The van der Waals surface area contributed by atoms with Crippen molar-refractivity contribution in [3.05, 3.63) is 0 Å². The first-order valence-electron chi connectivity index (χ1n) is 2.01. The molecule has 0 unspecified atom stereocenters. The summed E-state index contributed by atoms with van der Waals surface area (Å²) in [5.41, 5.74) is 0. The van der Waals surface area contributed by atoms with Gasteiger partial charge in [0.15, 0.2) is 0 Å². The van der Waals surface area contributed by atoms with Crippen LogP contribution in [0.2, 0.25) is 0 Å². The normalized spacial score (nSPS) is 6.71. The van der Waals surface area contributed by atoms with Crippen molar-refractivity contribution in [2.75, 3.05) is 13.3 Å². The molecule has 0 aliphatic heterocycles. The Morgan fingerprint density at radius 3 is 2.29 bits per heavy atom. The molecule has 0 atom stereocenters. The fraction of sp³-hybridized carbons (Fsp3) is 0.600. The predicted octanol–water partition coefficient (Wildman–Crippen LogP) is 1.18. The van der Waals surface area contributed by atoms with Gasteiger partial charge in [-0.25, -0.2) is 0 Å². The summed E-state index contributed by atoms with van der Waals surface area (Å²) in [7, 11) is 1.93. The van der Waals surface area contributed by atoms with Gasteiger partial charge in [0.25, 0.3) is 0 Å². The van der Waals surface area contributed by atoms with Gasteiger partial charge in [0.2, 0.25) is 0 Å². The van der Waals surface area contributed by atoms with E-state index >= 15 is 0 Å². The quantitative estimate of drug-likeness (QED) is 0.287. The van der Waals surface area contributed by atoms with Crippen molar-refractivity contribution in [3.63, 3.8) is 0 Å². The summed E-state index contributed by atoms with van der Waals surface area (Å²) in [5, 5.41) is 0. The van der Waals surface area contributed by atoms with Gasteiger partial charge in [0.05, 0.1) is 0 Å². The highest BCUT2D eigenvalue weighted by Crippen LogP contribution is 1.94. The van der Waals surface area contributed by atoms with E-state index in [0.29, 0.717) is 0 Å². The fourth-order valence-electron chi connectivity index (χ4n) is 0.203. The van der Waals surface area contributed by atoms with Gasteiger partial charge in [-0.05, 0) is 18.9 Å². The van der Waals surface area contributed by atoms with Crippen LogP contribution in [0.1, 0.15) is 6.92 Å². The topological polar surface area (TPSA) is 3.24 Å². The van der Waals surface area contributed by atoms with E-state index in [4.69, 9.17) is 0 Å². The monoisotopic (exact) mass is 115 g/mol. The summed E-state index contributed by atoms with van der Waals surface area (Å²) in [6.07, 6.45) is 1.99. The van der Waals surface area contributed by atoms with E-state index in [-0.39, 0.29) is 0 Å². The molecule has 0 spiro atoms. The highest BCUT2D eigenvalue weighted by Gasteiger charge is 1.77. The van der Waals surface area contributed by atoms with Crippen molar-refractivity contribution in [1.29, 1.82) is 0 Å². The highest BCUT2D eigenvalue weighted by molar-refractivity contribution is 7.96. The molecule has 2 heteroatoms. The second-order valence-corrected chi connectivity index (χ2v) is 1.95. The molecule has 40 valence electrons. The second-order valence-electron chi connectivity index (χ2n) is 1.04. The minimum absolute atomic E-state index is 1.61. The molecule has 0 bridgehead atoms. The van der Waals surface area contributed by atoms with Crippen LogP contribution >= 0.6 is 11.9 Å². The largest absolute Gasteiger partial charge is 0.279 e. The minimum Gasteiger partial charge on any atom is -0.279 e. The van der Waals surface area contributed by atoms with Gasteiger partial charge in [-0.15, -0.1) is 0 Å².